The van der Waals surface area contributed by atoms with Crippen LogP contribution >= 0.6 is 0 Å². The smallest absolute Gasteiger partial charge is 0.159 e. The van der Waals surface area contributed by atoms with E-state index in [2.05, 4.69) is 12.1 Å². The number of carbonyl (C=O) groups is 1. The van der Waals surface area contributed by atoms with Crippen molar-refractivity contribution in [3.8, 4) is 5.75 Å². The van der Waals surface area contributed by atoms with Crippen molar-refractivity contribution in [1.29, 1.82) is 0 Å². The molecule has 0 aliphatic rings. The van der Waals surface area contributed by atoms with E-state index in [9.17, 15) is 4.79 Å². The van der Waals surface area contributed by atoms with E-state index in [1.54, 1.807) is 13.0 Å². The number of ketones is 1. The maximum Gasteiger partial charge on any atom is 0.159 e. The van der Waals surface area contributed by atoms with E-state index in [4.69, 9.17) is 10.5 Å². The van der Waals surface area contributed by atoms with E-state index in [1.165, 1.54) is 5.56 Å². The molecule has 0 unspecified atom stereocenters. The molecule has 0 amide bonds. The predicted octanol–water partition coefficient (Wildman–Crippen LogP) is 5.10. The van der Waals surface area contributed by atoms with Crippen molar-refractivity contribution in [1.82, 2.24) is 0 Å². The van der Waals surface area contributed by atoms with Gasteiger partial charge in [-0.25, -0.2) is 0 Å². The maximum absolute atomic E-state index is 11.8. The van der Waals surface area contributed by atoms with Gasteiger partial charge in [-0.15, -0.1) is 0 Å². The third-order valence-corrected chi connectivity index (χ3v) is 4.64. The zero-order valence-corrected chi connectivity index (χ0v) is 15.6. The van der Waals surface area contributed by atoms with Crippen LogP contribution in [0.2, 0.25) is 0 Å². The molecule has 3 aromatic carbocycles. The lowest BCUT2D eigenvalue weighted by molar-refractivity contribution is 0.101. The monoisotopic (exact) mass is 359 g/mol. The minimum atomic E-state index is -0.199. The van der Waals surface area contributed by atoms with Crippen LogP contribution in [0, 0.1) is 0 Å². The fraction of sp³-hybridized carbons (Fsp3) is 0.208. The van der Waals surface area contributed by atoms with Gasteiger partial charge in [0.1, 0.15) is 12.4 Å². The minimum absolute atomic E-state index is 0.0288. The lowest BCUT2D eigenvalue weighted by Crippen LogP contribution is -2.14. The van der Waals surface area contributed by atoms with Crippen molar-refractivity contribution in [2.75, 3.05) is 0 Å². The van der Waals surface area contributed by atoms with Crippen molar-refractivity contribution >= 4 is 5.78 Å². The lowest BCUT2D eigenvalue weighted by Gasteiger charge is -2.18. The first kappa shape index (κ1) is 18.9. The number of hydrogen-bond donors (Lipinski definition) is 1. The van der Waals surface area contributed by atoms with Crippen molar-refractivity contribution < 1.29 is 9.53 Å². The van der Waals surface area contributed by atoms with Crippen LogP contribution < -0.4 is 10.5 Å². The van der Waals surface area contributed by atoms with Crippen LogP contribution in [0.15, 0.2) is 78.9 Å². The number of Topliss-reactive ketones (excluding diaryl/α,β-unsaturated/α-hetero) is 1. The molecule has 3 rings (SSSR count). The number of aryl methyl sites for hydroxylation is 1. The first-order valence-corrected chi connectivity index (χ1v) is 9.24. The summed E-state index contributed by atoms with van der Waals surface area (Å²) in [6.45, 7) is 2.04. The van der Waals surface area contributed by atoms with Crippen LogP contribution in [0.4, 0.5) is 0 Å². The molecule has 0 aromatic heterocycles. The summed E-state index contributed by atoms with van der Waals surface area (Å²) in [5.41, 5.74) is 10.4. The Morgan fingerprint density at radius 1 is 0.926 bits per heavy atom. The SMILES string of the molecule is CC(=O)c1ccc(OCc2ccccc2)c([C@H](N)CCc2ccccc2)c1. The van der Waals surface area contributed by atoms with Gasteiger partial charge in [0.15, 0.2) is 5.78 Å². The van der Waals surface area contributed by atoms with Crippen molar-refractivity contribution in [2.24, 2.45) is 5.73 Å². The van der Waals surface area contributed by atoms with Crippen LogP contribution in [0.25, 0.3) is 0 Å². The molecule has 27 heavy (non-hydrogen) atoms. The Morgan fingerprint density at radius 2 is 1.56 bits per heavy atom. The van der Waals surface area contributed by atoms with Crippen molar-refractivity contribution in [2.45, 2.75) is 32.4 Å². The second-order valence-corrected chi connectivity index (χ2v) is 6.71. The molecule has 0 aliphatic heterocycles. The summed E-state index contributed by atoms with van der Waals surface area (Å²) in [5.74, 6) is 0.769. The van der Waals surface area contributed by atoms with Gasteiger partial charge in [0.25, 0.3) is 0 Å². The van der Waals surface area contributed by atoms with Crippen LogP contribution in [0.3, 0.4) is 0 Å². The highest BCUT2D eigenvalue weighted by Crippen LogP contribution is 2.29. The normalized spacial score (nSPS) is 11.8. The molecule has 138 valence electrons. The quantitative estimate of drug-likeness (QED) is 0.569. The first-order valence-electron chi connectivity index (χ1n) is 9.24. The zero-order valence-electron chi connectivity index (χ0n) is 15.6. The number of hydrogen-bond acceptors (Lipinski definition) is 3. The molecule has 0 saturated carbocycles. The maximum atomic E-state index is 11.8. The average molecular weight is 359 g/mol. The van der Waals surface area contributed by atoms with E-state index >= 15 is 0 Å². The summed E-state index contributed by atoms with van der Waals surface area (Å²) in [6, 6.07) is 25.6. The highest BCUT2D eigenvalue weighted by molar-refractivity contribution is 5.94. The Morgan fingerprint density at radius 3 is 2.19 bits per heavy atom. The van der Waals surface area contributed by atoms with Gasteiger partial charge >= 0.3 is 0 Å². The second kappa shape index (κ2) is 9.15. The van der Waals surface area contributed by atoms with Gasteiger partial charge in [-0.05, 0) is 49.1 Å². The highest BCUT2D eigenvalue weighted by Gasteiger charge is 2.15. The van der Waals surface area contributed by atoms with Crippen LogP contribution in [0.5, 0.6) is 5.75 Å². The second-order valence-electron chi connectivity index (χ2n) is 6.71. The van der Waals surface area contributed by atoms with E-state index in [1.807, 2.05) is 60.7 Å². The van der Waals surface area contributed by atoms with E-state index in [-0.39, 0.29) is 11.8 Å². The number of rotatable bonds is 8. The number of benzene rings is 3. The molecule has 3 nitrogen and oxygen atoms in total. The van der Waals surface area contributed by atoms with Gasteiger partial charge in [0.2, 0.25) is 0 Å². The van der Waals surface area contributed by atoms with Gasteiger partial charge < -0.3 is 10.5 Å². The first-order chi connectivity index (χ1) is 13.1. The van der Waals surface area contributed by atoms with Crippen LogP contribution in [-0.4, -0.2) is 5.78 Å². The van der Waals surface area contributed by atoms with E-state index in [0.717, 1.165) is 29.7 Å². The molecular weight excluding hydrogens is 334 g/mol. The predicted molar refractivity (Wildman–Crippen MR) is 109 cm³/mol. The van der Waals surface area contributed by atoms with Gasteiger partial charge in [-0.2, -0.15) is 0 Å². The molecular formula is C24H25NO2. The topological polar surface area (TPSA) is 52.3 Å². The number of nitrogens with two attached hydrogens (primary N) is 1. The fourth-order valence-corrected chi connectivity index (χ4v) is 3.05. The molecule has 3 aromatic rings. The molecule has 0 radical (unpaired) electrons. The molecule has 1 atom stereocenters. The molecule has 0 heterocycles. The van der Waals surface area contributed by atoms with E-state index in [0.29, 0.717) is 12.2 Å². The van der Waals surface area contributed by atoms with Crippen molar-refractivity contribution in [3.05, 3.63) is 101 Å². The summed E-state index contributed by atoms with van der Waals surface area (Å²) in [6.07, 6.45) is 1.66. The summed E-state index contributed by atoms with van der Waals surface area (Å²) in [4.78, 5) is 11.8. The average Bonchev–Trinajstić information content (AvgIpc) is 2.72. The Balaban J connectivity index is 1.77. The van der Waals surface area contributed by atoms with Gasteiger partial charge in [0.05, 0.1) is 0 Å². The van der Waals surface area contributed by atoms with Crippen LogP contribution in [-0.2, 0) is 13.0 Å². The Labute approximate surface area is 160 Å². The highest BCUT2D eigenvalue weighted by atomic mass is 16.5. The largest absolute Gasteiger partial charge is 0.489 e. The summed E-state index contributed by atoms with van der Waals surface area (Å²) in [7, 11) is 0. The molecule has 0 fully saturated rings. The summed E-state index contributed by atoms with van der Waals surface area (Å²) < 4.78 is 6.04. The Bertz CT molecular complexity index is 875. The van der Waals surface area contributed by atoms with E-state index < -0.39 is 0 Å². The number of carbonyl (C=O) groups excluding carboxylic acids is 1. The van der Waals surface area contributed by atoms with Crippen LogP contribution in [0.1, 0.15) is 46.4 Å². The third-order valence-electron chi connectivity index (χ3n) is 4.64. The standard InChI is InChI=1S/C24H25NO2/c1-18(26)21-13-15-24(27-17-20-10-6-3-7-11-20)22(16-21)23(25)14-12-19-8-4-2-5-9-19/h2-11,13,15-16,23H,12,14,17,25H2,1H3/t23-/m1/s1. The summed E-state index contributed by atoms with van der Waals surface area (Å²) >= 11 is 0. The fourth-order valence-electron chi connectivity index (χ4n) is 3.05. The lowest BCUT2D eigenvalue weighted by atomic mass is 9.96. The van der Waals surface area contributed by atoms with Crippen molar-refractivity contribution in [3.63, 3.8) is 0 Å². The Kier molecular flexibility index (Phi) is 6.39. The third kappa shape index (κ3) is 5.28. The molecule has 0 spiro atoms. The zero-order chi connectivity index (χ0) is 19.1. The van der Waals surface area contributed by atoms with Gasteiger partial charge in [-0.3, -0.25) is 4.79 Å². The molecule has 0 saturated heterocycles. The molecule has 0 aliphatic carbocycles. The number of ether oxygens (including phenoxy) is 1. The summed E-state index contributed by atoms with van der Waals surface area (Å²) in [5, 5.41) is 0. The van der Waals surface area contributed by atoms with Gasteiger partial charge in [0, 0.05) is 17.2 Å². The molecule has 0 bridgehead atoms. The molecule has 2 N–H and O–H groups in total. The molecule has 3 heteroatoms. The Hall–Kier alpha value is -2.91. The van der Waals surface area contributed by atoms with Gasteiger partial charge in [-0.1, -0.05) is 60.7 Å². The minimum Gasteiger partial charge on any atom is -0.489 e.